The van der Waals surface area contributed by atoms with Crippen LogP contribution in [0.25, 0.3) is 44.5 Å². The topological polar surface area (TPSA) is 24.9 Å². The summed E-state index contributed by atoms with van der Waals surface area (Å²) in [6.45, 7) is -0.278. The number of benzene rings is 11. The fourth-order valence-corrected chi connectivity index (χ4v) is 11.9. The third-order valence-corrected chi connectivity index (χ3v) is 15.1. The highest BCUT2D eigenvalue weighted by molar-refractivity contribution is 7.02. The fraction of sp³-hybridized carbons (Fsp3) is 0. The highest BCUT2D eigenvalue weighted by atomic mass is 16.5. The summed E-state index contributed by atoms with van der Waals surface area (Å²) < 4.78 is 14.7. The van der Waals surface area contributed by atoms with Crippen molar-refractivity contribution in [3.05, 3.63) is 255 Å². The van der Waals surface area contributed by atoms with Crippen molar-refractivity contribution in [1.29, 1.82) is 0 Å². The molecule has 6 heteroatoms. The van der Waals surface area contributed by atoms with E-state index in [0.717, 1.165) is 112 Å². The van der Waals surface area contributed by atoms with Crippen LogP contribution in [0.5, 0.6) is 23.0 Å². The van der Waals surface area contributed by atoms with Crippen LogP contribution < -0.4 is 52.1 Å². The van der Waals surface area contributed by atoms with Crippen LogP contribution in [0.3, 0.4) is 0 Å². The van der Waals surface area contributed by atoms with Crippen LogP contribution in [0.15, 0.2) is 255 Å². The monoisotopic (exact) mass is 916 g/mol. The van der Waals surface area contributed by atoms with Crippen molar-refractivity contribution >= 4 is 80.3 Å². The van der Waals surface area contributed by atoms with Crippen molar-refractivity contribution in [2.45, 2.75) is 0 Å². The Morgan fingerprint density at radius 1 is 0.236 bits per heavy atom. The predicted molar refractivity (Wildman–Crippen MR) is 300 cm³/mol. The van der Waals surface area contributed by atoms with E-state index in [-0.39, 0.29) is 13.4 Å². The second-order valence-electron chi connectivity index (χ2n) is 19.2. The Morgan fingerprint density at radius 2 is 0.597 bits per heavy atom. The van der Waals surface area contributed by atoms with E-state index in [0.29, 0.717) is 0 Å². The molecule has 0 saturated carbocycles. The maximum absolute atomic E-state index is 7.47. The zero-order valence-corrected chi connectivity index (χ0v) is 39.1. The van der Waals surface area contributed by atoms with Gasteiger partial charge in [0.2, 0.25) is 0 Å². The lowest BCUT2D eigenvalue weighted by Crippen LogP contribution is -2.63. The van der Waals surface area contributed by atoms with Crippen LogP contribution in [-0.2, 0) is 0 Å². The number of hydrogen-bond acceptors (Lipinski definition) is 4. The molecule has 15 rings (SSSR count). The summed E-state index contributed by atoms with van der Waals surface area (Å²) >= 11 is 0. The van der Waals surface area contributed by atoms with Crippen LogP contribution in [0.2, 0.25) is 0 Å². The van der Waals surface area contributed by atoms with E-state index in [9.17, 15) is 0 Å². The number of para-hydroxylation sites is 2. The molecule has 72 heavy (non-hydrogen) atoms. The molecule has 4 aliphatic rings. The predicted octanol–water partition coefficient (Wildman–Crippen LogP) is 13.2. The van der Waals surface area contributed by atoms with E-state index in [4.69, 9.17) is 9.47 Å². The van der Waals surface area contributed by atoms with Gasteiger partial charge in [-0.15, -0.1) is 0 Å². The Balaban J connectivity index is 1.01. The number of hydrogen-bond donors (Lipinski definition) is 0. The van der Waals surface area contributed by atoms with Gasteiger partial charge in [-0.2, -0.15) is 0 Å². The molecule has 0 aromatic heterocycles. The minimum absolute atomic E-state index is 0.139. The van der Waals surface area contributed by atoms with Crippen molar-refractivity contribution < 1.29 is 9.47 Å². The van der Waals surface area contributed by atoms with Gasteiger partial charge < -0.3 is 19.3 Å². The Bertz CT molecular complexity index is 3930. The average molecular weight is 917 g/mol. The molecule has 4 heterocycles. The van der Waals surface area contributed by atoms with Gasteiger partial charge in [0.1, 0.15) is 23.0 Å². The Hall–Kier alpha value is -9.25. The number of fused-ring (bicyclic) bond motifs is 8. The first-order valence-corrected chi connectivity index (χ1v) is 24.8. The summed E-state index contributed by atoms with van der Waals surface area (Å²) in [5.41, 5.74) is 22.7. The van der Waals surface area contributed by atoms with Crippen LogP contribution in [-0.4, -0.2) is 13.4 Å². The summed E-state index contributed by atoms with van der Waals surface area (Å²) in [5, 5.41) is 0. The maximum Gasteiger partial charge on any atom is 0.256 e. The molecule has 0 fully saturated rings. The molecule has 0 N–H and O–H groups in total. The molecule has 11 aromatic rings. The molecule has 0 radical (unpaired) electrons. The number of ether oxygens (including phenoxy) is 2. The highest BCUT2D eigenvalue weighted by Crippen LogP contribution is 2.48. The quantitative estimate of drug-likeness (QED) is 0.155. The van der Waals surface area contributed by atoms with Crippen molar-refractivity contribution in [1.82, 2.24) is 0 Å². The van der Waals surface area contributed by atoms with E-state index in [2.05, 4.69) is 265 Å². The normalized spacial score (nSPS) is 13.1. The molecule has 11 aromatic carbocycles. The summed E-state index contributed by atoms with van der Waals surface area (Å²) in [5.74, 6) is 3.45. The van der Waals surface area contributed by atoms with Crippen LogP contribution >= 0.6 is 0 Å². The van der Waals surface area contributed by atoms with E-state index >= 15 is 0 Å². The van der Waals surface area contributed by atoms with Gasteiger partial charge in [0.05, 0.1) is 0 Å². The van der Waals surface area contributed by atoms with Gasteiger partial charge in [-0.1, -0.05) is 188 Å². The first-order valence-electron chi connectivity index (χ1n) is 24.8. The first kappa shape index (κ1) is 40.6. The van der Waals surface area contributed by atoms with Crippen LogP contribution in [0.4, 0.5) is 34.1 Å². The number of rotatable bonds is 6. The Kier molecular flexibility index (Phi) is 9.12. The van der Waals surface area contributed by atoms with E-state index < -0.39 is 0 Å². The van der Waals surface area contributed by atoms with Crippen LogP contribution in [0.1, 0.15) is 0 Å². The van der Waals surface area contributed by atoms with Gasteiger partial charge in [-0.25, -0.2) is 0 Å². The molecule has 334 valence electrons. The van der Waals surface area contributed by atoms with Crippen LogP contribution in [0, 0.1) is 0 Å². The molecule has 4 nitrogen and oxygen atoms in total. The molecular weight excluding hydrogens is 874 g/mol. The zero-order chi connectivity index (χ0) is 47.3. The molecule has 0 aliphatic carbocycles. The average Bonchev–Trinajstić information content (AvgIpc) is 3.45. The minimum Gasteiger partial charge on any atom is -0.458 e. The standard InChI is InChI=1S/C66H42B2N2O2/c1-7-19-43(20-8-1)47-31-33-53-57(35-47)69(51-27-15-5-16-28-51)59-36-49(45-23-11-3-12-24-45)39-63-65(59)67(53)56-41-55-58(42-62(56)72-63)70(52-29-17-6-18-30-52)60-37-50(46-25-13-4-14-26-46)40-64-66(60)68(55)54-34-32-48(38-61(54)71-64)44-21-9-2-10-22-44/h1-42H. The molecular formula is C66H42B2N2O2. The van der Waals surface area contributed by atoms with Gasteiger partial charge in [-0.05, 0) is 138 Å². The second-order valence-corrected chi connectivity index (χ2v) is 19.2. The van der Waals surface area contributed by atoms with Crippen molar-refractivity contribution in [2.24, 2.45) is 0 Å². The largest absolute Gasteiger partial charge is 0.458 e. The fourth-order valence-electron chi connectivity index (χ4n) is 11.9. The van der Waals surface area contributed by atoms with Gasteiger partial charge >= 0.3 is 0 Å². The summed E-state index contributed by atoms with van der Waals surface area (Å²) in [7, 11) is 0. The SMILES string of the molecule is c1ccc(-c2ccc3c(c2)Oc2cc(-c4ccccc4)cc4c2B3c2cc3c(cc2N4c2ccccc2)Oc2cc(-c4ccccc4)cc4c2B3c2ccc(-c3ccccc3)cc2N4c2ccccc2)cc1. The van der Waals surface area contributed by atoms with Crippen molar-refractivity contribution in [2.75, 3.05) is 9.80 Å². The maximum atomic E-state index is 7.47. The van der Waals surface area contributed by atoms with Gasteiger partial charge in [0, 0.05) is 40.2 Å². The first-order chi connectivity index (χ1) is 35.7. The minimum atomic E-state index is -0.140. The lowest BCUT2D eigenvalue weighted by Gasteiger charge is -2.43. The lowest BCUT2D eigenvalue weighted by molar-refractivity contribution is 0.487. The summed E-state index contributed by atoms with van der Waals surface area (Å²) in [6, 6.07) is 92.2. The van der Waals surface area contributed by atoms with Gasteiger partial charge in [0.15, 0.2) is 0 Å². The molecule has 0 bridgehead atoms. The summed E-state index contributed by atoms with van der Waals surface area (Å²) in [4.78, 5) is 4.90. The van der Waals surface area contributed by atoms with Gasteiger partial charge in [-0.3, -0.25) is 0 Å². The number of nitrogens with zero attached hydrogens (tertiary/aromatic N) is 2. The highest BCUT2D eigenvalue weighted by Gasteiger charge is 2.47. The third-order valence-electron chi connectivity index (χ3n) is 15.1. The molecule has 0 unspecified atom stereocenters. The third kappa shape index (κ3) is 6.35. The molecule has 0 spiro atoms. The molecule has 4 aliphatic heterocycles. The molecule has 0 amide bonds. The van der Waals surface area contributed by atoms with Crippen molar-refractivity contribution in [3.8, 4) is 67.5 Å². The summed E-state index contributed by atoms with van der Waals surface area (Å²) in [6.07, 6.45) is 0. The van der Waals surface area contributed by atoms with E-state index in [1.54, 1.807) is 0 Å². The van der Waals surface area contributed by atoms with Gasteiger partial charge in [0.25, 0.3) is 13.4 Å². The number of anilines is 6. The zero-order valence-electron chi connectivity index (χ0n) is 39.1. The Labute approximate surface area is 419 Å². The Morgan fingerprint density at radius 3 is 1.08 bits per heavy atom. The second kappa shape index (κ2) is 16.2. The molecule has 0 atom stereocenters. The molecule has 0 saturated heterocycles. The van der Waals surface area contributed by atoms with E-state index in [1.165, 1.54) is 22.1 Å². The smallest absolute Gasteiger partial charge is 0.256 e. The lowest BCUT2D eigenvalue weighted by atomic mass is 9.31. The van der Waals surface area contributed by atoms with E-state index in [1.807, 2.05) is 0 Å². The van der Waals surface area contributed by atoms with Crippen molar-refractivity contribution in [3.63, 3.8) is 0 Å².